The number of aliphatic hydroxyl groups is 2. The van der Waals surface area contributed by atoms with Gasteiger partial charge in [-0.25, -0.2) is 9.59 Å². The van der Waals surface area contributed by atoms with Crippen molar-refractivity contribution in [3.05, 3.63) is 32.9 Å². The first-order valence-electron chi connectivity index (χ1n) is 9.52. The average Bonchev–Trinajstić information content (AvgIpc) is 2.61. The van der Waals surface area contributed by atoms with Crippen LogP contribution in [0.25, 0.3) is 0 Å². The highest BCUT2D eigenvalue weighted by Crippen LogP contribution is 2.28. The molecule has 0 aromatic carbocycles. The van der Waals surface area contributed by atoms with Gasteiger partial charge in [0.25, 0.3) is 5.56 Å². The number of nitrogens with one attached hydrogen (secondary N) is 3. The van der Waals surface area contributed by atoms with Crippen LogP contribution in [0.15, 0.2) is 15.8 Å². The number of hydrogen-bond donors (Lipinski definition) is 5. The molecule has 1 aliphatic carbocycles. The highest BCUT2D eigenvalue weighted by atomic mass is 19.1. The molecule has 4 atom stereocenters. The Morgan fingerprint density at radius 1 is 1.27 bits per heavy atom. The minimum absolute atomic E-state index is 0.0147. The van der Waals surface area contributed by atoms with Gasteiger partial charge in [0, 0.05) is 13.0 Å². The van der Waals surface area contributed by atoms with Crippen LogP contribution >= 0.6 is 0 Å². The molecule has 1 heterocycles. The molecule has 2 rings (SSSR count). The number of hydrogen-bond acceptors (Lipinski definition) is 7. The smallest absolute Gasteiger partial charge is 0.407 e. The molecule has 1 saturated carbocycles. The number of nitrogens with zero attached hydrogens (tertiary/aromatic N) is 1. The molecule has 12 heteroatoms. The van der Waals surface area contributed by atoms with Crippen LogP contribution in [0.1, 0.15) is 46.1 Å². The Labute approximate surface area is 171 Å². The highest BCUT2D eigenvalue weighted by Gasteiger charge is 2.39. The summed E-state index contributed by atoms with van der Waals surface area (Å²) < 4.78 is 19.4. The van der Waals surface area contributed by atoms with E-state index in [-0.39, 0.29) is 25.8 Å². The van der Waals surface area contributed by atoms with Crippen LogP contribution in [0.5, 0.6) is 0 Å². The number of aromatic amines is 1. The molecule has 0 saturated heterocycles. The summed E-state index contributed by atoms with van der Waals surface area (Å²) in [6, 6.07) is -1.77. The summed E-state index contributed by atoms with van der Waals surface area (Å²) in [7, 11) is 0. The molecular formula is C18H27FN4O7. The maximum absolute atomic E-state index is 13.5. The first kappa shape index (κ1) is 23.5. The molecule has 0 spiro atoms. The van der Waals surface area contributed by atoms with Crippen LogP contribution in [0.3, 0.4) is 0 Å². The average molecular weight is 430 g/mol. The van der Waals surface area contributed by atoms with E-state index >= 15 is 0 Å². The number of halogens is 1. The van der Waals surface area contributed by atoms with Crippen LogP contribution < -0.4 is 21.9 Å². The number of rotatable bonds is 5. The van der Waals surface area contributed by atoms with Crippen molar-refractivity contribution in [2.75, 3.05) is 6.54 Å². The summed E-state index contributed by atoms with van der Waals surface area (Å²) in [6.07, 6.45) is -2.62. The Hall–Kier alpha value is -2.73. The quantitative estimate of drug-likeness (QED) is 0.405. The van der Waals surface area contributed by atoms with E-state index < -0.39 is 59.0 Å². The number of aliphatic hydroxyl groups excluding tert-OH is 2. The third-order valence-electron chi connectivity index (χ3n) is 4.58. The van der Waals surface area contributed by atoms with Crippen molar-refractivity contribution in [3.63, 3.8) is 0 Å². The topological polar surface area (TPSA) is 163 Å². The zero-order valence-electron chi connectivity index (χ0n) is 17.0. The van der Waals surface area contributed by atoms with Gasteiger partial charge in [0.15, 0.2) is 0 Å². The molecule has 5 N–H and O–H groups in total. The van der Waals surface area contributed by atoms with E-state index in [9.17, 15) is 33.8 Å². The molecule has 0 radical (unpaired) electrons. The summed E-state index contributed by atoms with van der Waals surface area (Å²) in [5.41, 5.74) is -2.75. The lowest BCUT2D eigenvalue weighted by Crippen LogP contribution is -2.55. The van der Waals surface area contributed by atoms with Crippen LogP contribution in [0.2, 0.25) is 0 Å². The fraction of sp³-hybridized carbons (Fsp3) is 0.667. The highest BCUT2D eigenvalue weighted by molar-refractivity contribution is 5.77. The van der Waals surface area contributed by atoms with E-state index in [0.717, 1.165) is 4.57 Å². The summed E-state index contributed by atoms with van der Waals surface area (Å²) >= 11 is 0. The minimum atomic E-state index is -1.48. The fourth-order valence-corrected chi connectivity index (χ4v) is 3.20. The predicted molar refractivity (Wildman–Crippen MR) is 102 cm³/mol. The standard InChI is InChI=1S/C18H27FN4O7/c1-18(2,3)30-17(29)20-7-6-12(24)21-10-4-5-11(14(26)13(10)25)23-8-9(19)15(27)22-16(23)28/h8,10-11,13-14,25-26H,4-7H2,1-3H3,(H,20,29)(H,21,24)(H,22,27,28)/t10-,11-,13-,14+/m1/s1. The maximum atomic E-state index is 13.5. The van der Waals surface area contributed by atoms with Gasteiger partial charge >= 0.3 is 11.8 Å². The van der Waals surface area contributed by atoms with Gasteiger partial charge in [0.05, 0.1) is 18.3 Å². The normalized spacial score (nSPS) is 24.2. The van der Waals surface area contributed by atoms with Crippen LogP contribution in [0, 0.1) is 5.82 Å². The van der Waals surface area contributed by atoms with E-state index in [1.165, 1.54) is 0 Å². The third-order valence-corrected chi connectivity index (χ3v) is 4.58. The van der Waals surface area contributed by atoms with Crippen molar-refractivity contribution in [3.8, 4) is 0 Å². The number of H-pyrrole nitrogens is 1. The molecule has 11 nitrogen and oxygen atoms in total. The summed E-state index contributed by atoms with van der Waals surface area (Å²) in [6.45, 7) is 5.13. The second-order valence-corrected chi connectivity index (χ2v) is 8.12. The number of ether oxygens (including phenoxy) is 1. The van der Waals surface area contributed by atoms with Crippen molar-refractivity contribution in [1.29, 1.82) is 0 Å². The SMILES string of the molecule is CC(C)(C)OC(=O)NCCC(=O)N[C@@H]1CC[C@@H](n2cc(F)c(=O)[nH]c2=O)[C@H](O)[C@@H]1O. The van der Waals surface area contributed by atoms with Gasteiger partial charge in [0.2, 0.25) is 11.7 Å². The zero-order valence-corrected chi connectivity index (χ0v) is 17.0. The number of alkyl carbamates (subject to hydrolysis) is 1. The molecule has 1 aliphatic rings. The number of carbonyl (C=O) groups is 2. The molecule has 0 aliphatic heterocycles. The Morgan fingerprint density at radius 3 is 2.57 bits per heavy atom. The molecule has 168 valence electrons. The Morgan fingerprint density at radius 2 is 1.93 bits per heavy atom. The Kier molecular flexibility index (Phi) is 7.37. The summed E-state index contributed by atoms with van der Waals surface area (Å²) in [5.74, 6) is -1.66. The number of aromatic nitrogens is 2. The number of carbonyl (C=O) groups excluding carboxylic acids is 2. The minimum Gasteiger partial charge on any atom is -0.444 e. The second-order valence-electron chi connectivity index (χ2n) is 8.12. The van der Waals surface area contributed by atoms with E-state index in [0.29, 0.717) is 6.20 Å². The van der Waals surface area contributed by atoms with E-state index in [2.05, 4.69) is 10.6 Å². The summed E-state index contributed by atoms with van der Waals surface area (Å²) in [4.78, 5) is 48.5. The third kappa shape index (κ3) is 6.13. The van der Waals surface area contributed by atoms with Crippen LogP contribution in [-0.2, 0) is 9.53 Å². The van der Waals surface area contributed by atoms with Gasteiger partial charge in [-0.3, -0.25) is 19.1 Å². The van der Waals surface area contributed by atoms with Gasteiger partial charge in [-0.15, -0.1) is 0 Å². The van der Waals surface area contributed by atoms with Crippen LogP contribution in [0.4, 0.5) is 9.18 Å². The molecule has 1 aromatic rings. The molecule has 0 unspecified atom stereocenters. The van der Waals surface area contributed by atoms with Gasteiger partial charge in [0.1, 0.15) is 17.8 Å². The molecule has 2 amide bonds. The van der Waals surface area contributed by atoms with Gasteiger partial charge in [-0.05, 0) is 33.6 Å². The van der Waals surface area contributed by atoms with Crippen molar-refractivity contribution in [2.45, 2.75) is 69.9 Å². The largest absolute Gasteiger partial charge is 0.444 e. The molecule has 1 aromatic heterocycles. The van der Waals surface area contributed by atoms with Gasteiger partial charge in [-0.1, -0.05) is 0 Å². The number of amides is 2. The lowest BCUT2D eigenvalue weighted by molar-refractivity contribution is -0.125. The Bertz CT molecular complexity index is 892. The van der Waals surface area contributed by atoms with Crippen molar-refractivity contribution >= 4 is 12.0 Å². The van der Waals surface area contributed by atoms with E-state index in [4.69, 9.17) is 4.74 Å². The molecule has 30 heavy (non-hydrogen) atoms. The van der Waals surface area contributed by atoms with Crippen LogP contribution in [-0.4, -0.2) is 62.2 Å². The first-order chi connectivity index (χ1) is 13.9. The summed E-state index contributed by atoms with van der Waals surface area (Å²) in [5, 5.41) is 25.7. The van der Waals surface area contributed by atoms with Crippen molar-refractivity contribution < 1.29 is 28.9 Å². The monoisotopic (exact) mass is 430 g/mol. The van der Waals surface area contributed by atoms with Gasteiger partial charge < -0.3 is 25.6 Å². The second kappa shape index (κ2) is 9.39. The molecule has 0 bridgehead atoms. The predicted octanol–water partition coefficient (Wildman–Crippen LogP) is -0.868. The Balaban J connectivity index is 1.89. The van der Waals surface area contributed by atoms with E-state index in [1.807, 2.05) is 0 Å². The first-order valence-corrected chi connectivity index (χ1v) is 9.52. The molecule has 1 fully saturated rings. The fourth-order valence-electron chi connectivity index (χ4n) is 3.20. The van der Waals surface area contributed by atoms with Crippen molar-refractivity contribution in [1.82, 2.24) is 20.2 Å². The zero-order chi connectivity index (χ0) is 22.6. The lowest BCUT2D eigenvalue weighted by atomic mass is 9.85. The lowest BCUT2D eigenvalue weighted by Gasteiger charge is -2.38. The van der Waals surface area contributed by atoms with E-state index in [1.54, 1.807) is 25.8 Å². The van der Waals surface area contributed by atoms with Gasteiger partial charge in [-0.2, -0.15) is 4.39 Å². The maximum Gasteiger partial charge on any atom is 0.407 e. The van der Waals surface area contributed by atoms with Crippen molar-refractivity contribution in [2.24, 2.45) is 0 Å². The molecular weight excluding hydrogens is 403 g/mol.